The second kappa shape index (κ2) is 9.61. The summed E-state index contributed by atoms with van der Waals surface area (Å²) in [4.78, 5) is 0. The third kappa shape index (κ3) is 5.62. The lowest BCUT2D eigenvalue weighted by atomic mass is 10.2. The molecule has 2 aromatic carbocycles. The summed E-state index contributed by atoms with van der Waals surface area (Å²) in [5, 5.41) is 0. The van der Waals surface area contributed by atoms with Crippen LogP contribution in [-0.4, -0.2) is 0 Å². The first-order chi connectivity index (χ1) is 10.2. The van der Waals surface area contributed by atoms with Crippen molar-refractivity contribution in [1.29, 1.82) is 0 Å². The molecule has 0 atom stereocenters. The zero-order chi connectivity index (χ0) is 17.0. The van der Waals surface area contributed by atoms with Crippen molar-refractivity contribution in [2.75, 3.05) is 0 Å². The molecule has 0 radical (unpaired) electrons. The molecule has 0 amide bonds. The molecular formula is C14H8Br6F2. The molecule has 0 aromatic heterocycles. The molecule has 0 aliphatic rings. The molecule has 22 heavy (non-hydrogen) atoms. The summed E-state index contributed by atoms with van der Waals surface area (Å²) >= 11 is 19.3. The van der Waals surface area contributed by atoms with Crippen LogP contribution in [0.25, 0.3) is 0 Å². The lowest BCUT2D eigenvalue weighted by molar-refractivity contribution is 0.482. The van der Waals surface area contributed by atoms with E-state index in [1.165, 1.54) is 0 Å². The zero-order valence-corrected chi connectivity index (χ0v) is 20.5. The number of benzene rings is 2. The fraction of sp³-hybridized carbons (Fsp3) is 0.143. The highest BCUT2D eigenvalue weighted by atomic mass is 79.9. The first-order valence-corrected chi connectivity index (χ1v) is 10.4. The normalized spacial score (nSPS) is 10.2. The van der Waals surface area contributed by atoms with Crippen LogP contribution in [0.4, 0.5) is 8.78 Å². The minimum absolute atomic E-state index is 0.275. The van der Waals surface area contributed by atoms with E-state index in [2.05, 4.69) is 95.6 Å². The summed E-state index contributed by atoms with van der Waals surface area (Å²) in [6.45, 7) is 1.44. The standard InChI is InChI=1S/2C7H4Br3F/c8-4-1-6(9)5(3-11)7(10)2-4;1-3-2-4(8)7(11)6(10)5(3)9/h1-2H,3H2;2H,1H3. The molecule has 0 bridgehead atoms. The Hall–Kier alpha value is 1.18. The Bertz CT molecular complexity index is 638. The van der Waals surface area contributed by atoms with Gasteiger partial charge in [0.2, 0.25) is 0 Å². The van der Waals surface area contributed by atoms with Crippen LogP contribution in [0.15, 0.2) is 45.0 Å². The van der Waals surface area contributed by atoms with Crippen LogP contribution in [0, 0.1) is 12.7 Å². The molecule has 0 N–H and O–H groups in total. The molecule has 8 heteroatoms. The average Bonchev–Trinajstić information content (AvgIpc) is 2.43. The van der Waals surface area contributed by atoms with Gasteiger partial charge in [-0.1, -0.05) is 47.8 Å². The second-order valence-electron chi connectivity index (χ2n) is 4.10. The molecule has 0 fully saturated rings. The van der Waals surface area contributed by atoms with Crippen LogP contribution < -0.4 is 0 Å². The van der Waals surface area contributed by atoms with E-state index in [1.54, 1.807) is 6.07 Å². The Morgan fingerprint density at radius 1 is 0.818 bits per heavy atom. The molecule has 0 unspecified atom stereocenters. The van der Waals surface area contributed by atoms with Crippen LogP contribution >= 0.6 is 95.6 Å². The van der Waals surface area contributed by atoms with Gasteiger partial charge in [0.1, 0.15) is 6.67 Å². The minimum Gasteiger partial charge on any atom is -0.246 e. The maximum Gasteiger partial charge on any atom is 0.152 e. The largest absolute Gasteiger partial charge is 0.246 e. The highest BCUT2D eigenvalue weighted by molar-refractivity contribution is 9.13. The van der Waals surface area contributed by atoms with Crippen molar-refractivity contribution in [2.24, 2.45) is 0 Å². The number of rotatable bonds is 1. The molecule has 0 saturated carbocycles. The topological polar surface area (TPSA) is 0 Å². The third-order valence-corrected chi connectivity index (χ3v) is 7.27. The molecule has 0 heterocycles. The second-order valence-corrected chi connectivity index (χ2v) is 9.16. The van der Waals surface area contributed by atoms with Gasteiger partial charge >= 0.3 is 0 Å². The van der Waals surface area contributed by atoms with Gasteiger partial charge in [-0.3, -0.25) is 0 Å². The molecule has 2 aromatic rings. The van der Waals surface area contributed by atoms with Crippen LogP contribution in [0.3, 0.4) is 0 Å². The number of hydrogen-bond donors (Lipinski definition) is 0. The number of alkyl halides is 1. The Morgan fingerprint density at radius 3 is 1.77 bits per heavy atom. The fourth-order valence-corrected chi connectivity index (χ4v) is 5.48. The van der Waals surface area contributed by atoms with E-state index in [1.807, 2.05) is 19.1 Å². The van der Waals surface area contributed by atoms with Crippen LogP contribution in [0.1, 0.15) is 11.1 Å². The van der Waals surface area contributed by atoms with Crippen molar-refractivity contribution < 1.29 is 8.78 Å². The minimum atomic E-state index is -0.464. The Labute approximate surface area is 178 Å². The van der Waals surface area contributed by atoms with Crippen LogP contribution in [0.2, 0.25) is 0 Å². The molecule has 0 nitrogen and oxygen atoms in total. The monoisotopic (exact) mass is 688 g/mol. The lowest BCUT2D eigenvalue weighted by Gasteiger charge is -2.03. The van der Waals surface area contributed by atoms with Gasteiger partial charge in [0, 0.05) is 23.5 Å². The van der Waals surface area contributed by atoms with E-state index in [-0.39, 0.29) is 5.82 Å². The summed E-state index contributed by atoms with van der Waals surface area (Å²) in [5.41, 5.74) is 1.64. The van der Waals surface area contributed by atoms with E-state index in [9.17, 15) is 8.78 Å². The zero-order valence-electron chi connectivity index (χ0n) is 11.0. The Morgan fingerprint density at radius 2 is 1.32 bits per heavy atom. The van der Waals surface area contributed by atoms with Gasteiger partial charge < -0.3 is 0 Å². The predicted molar refractivity (Wildman–Crippen MR) is 109 cm³/mol. The van der Waals surface area contributed by atoms with E-state index < -0.39 is 6.67 Å². The number of halogens is 8. The molecule has 120 valence electrons. The van der Waals surface area contributed by atoms with Crippen LogP contribution in [0.5, 0.6) is 0 Å². The molecule has 0 spiro atoms. The van der Waals surface area contributed by atoms with Gasteiger partial charge in [-0.15, -0.1) is 0 Å². The predicted octanol–water partition coefficient (Wildman–Crippen LogP) is 8.87. The third-order valence-electron chi connectivity index (χ3n) is 2.52. The first kappa shape index (κ1) is 21.2. The smallest absolute Gasteiger partial charge is 0.152 e. The highest BCUT2D eigenvalue weighted by Crippen LogP contribution is 2.33. The Kier molecular flexibility index (Phi) is 9.27. The summed E-state index contributed by atoms with van der Waals surface area (Å²) < 4.78 is 29.5. The van der Waals surface area contributed by atoms with E-state index >= 15 is 0 Å². The summed E-state index contributed by atoms with van der Waals surface area (Å²) in [7, 11) is 0. The summed E-state index contributed by atoms with van der Waals surface area (Å²) in [6.07, 6.45) is 0. The maximum absolute atomic E-state index is 13.0. The molecule has 2 rings (SSSR count). The van der Waals surface area contributed by atoms with Crippen molar-refractivity contribution in [2.45, 2.75) is 13.6 Å². The van der Waals surface area contributed by atoms with Gasteiger partial charge in [-0.05, 0) is 78.5 Å². The van der Waals surface area contributed by atoms with Crippen molar-refractivity contribution in [3.63, 3.8) is 0 Å². The SMILES string of the molecule is Cc1cc(Br)c(F)c(Br)c1Br.FCc1c(Br)cc(Br)cc1Br. The lowest BCUT2D eigenvalue weighted by Crippen LogP contribution is -1.85. The fourth-order valence-electron chi connectivity index (χ4n) is 1.39. The van der Waals surface area contributed by atoms with Crippen molar-refractivity contribution in [3.8, 4) is 0 Å². The molecule has 0 aliphatic heterocycles. The van der Waals surface area contributed by atoms with Crippen LogP contribution in [-0.2, 0) is 6.67 Å². The first-order valence-electron chi connectivity index (χ1n) is 5.68. The van der Waals surface area contributed by atoms with Crippen molar-refractivity contribution in [1.82, 2.24) is 0 Å². The van der Waals surface area contributed by atoms with Crippen molar-refractivity contribution in [3.05, 3.63) is 62.0 Å². The van der Waals surface area contributed by atoms with E-state index in [0.29, 0.717) is 14.5 Å². The molecular weight excluding hydrogens is 686 g/mol. The number of hydrogen-bond acceptors (Lipinski definition) is 0. The van der Waals surface area contributed by atoms with Gasteiger partial charge in [0.15, 0.2) is 5.82 Å². The van der Waals surface area contributed by atoms with Gasteiger partial charge in [-0.25, -0.2) is 8.78 Å². The summed E-state index contributed by atoms with van der Waals surface area (Å²) in [5.74, 6) is -0.275. The van der Waals surface area contributed by atoms with Gasteiger partial charge in [-0.2, -0.15) is 0 Å². The quantitative estimate of drug-likeness (QED) is 0.207. The van der Waals surface area contributed by atoms with Gasteiger partial charge in [0.25, 0.3) is 0 Å². The highest BCUT2D eigenvalue weighted by Gasteiger charge is 2.10. The Balaban J connectivity index is 0.000000220. The number of aryl methyl sites for hydroxylation is 1. The maximum atomic E-state index is 13.0. The average molecular weight is 694 g/mol. The van der Waals surface area contributed by atoms with E-state index in [4.69, 9.17) is 0 Å². The van der Waals surface area contributed by atoms with Gasteiger partial charge in [0.05, 0.1) is 8.95 Å². The summed E-state index contributed by atoms with van der Waals surface area (Å²) in [6, 6.07) is 5.36. The van der Waals surface area contributed by atoms with Crippen molar-refractivity contribution >= 4 is 95.6 Å². The van der Waals surface area contributed by atoms with E-state index in [0.717, 1.165) is 23.5 Å². The molecule has 0 aliphatic carbocycles. The molecule has 0 saturated heterocycles.